The molecule has 1 heterocycles. The van der Waals surface area contributed by atoms with E-state index in [0.717, 1.165) is 17.5 Å². The molecule has 0 amide bonds. The van der Waals surface area contributed by atoms with Crippen LogP contribution < -0.4 is 0 Å². The molecule has 1 fully saturated rings. The molecule has 0 spiro atoms. The molecule has 0 aromatic heterocycles. The smallest absolute Gasteiger partial charge is 0.122 e. The van der Waals surface area contributed by atoms with Crippen LogP contribution in [-0.4, -0.2) is 29.6 Å². The quantitative estimate of drug-likeness (QED) is 0.861. The molecule has 1 aromatic carbocycles. The summed E-state index contributed by atoms with van der Waals surface area (Å²) in [6, 6.07) is 5.00. The fraction of sp³-hybridized carbons (Fsp3) is 0.700. The first-order valence-corrected chi connectivity index (χ1v) is 8.57. The maximum absolute atomic E-state index is 10.8. The molecule has 124 valence electrons. The van der Waals surface area contributed by atoms with Gasteiger partial charge in [0.2, 0.25) is 0 Å². The molecule has 1 N–H and O–H groups in total. The van der Waals surface area contributed by atoms with Crippen molar-refractivity contribution >= 4 is 0 Å². The first-order chi connectivity index (χ1) is 10.00. The highest BCUT2D eigenvalue weighted by Gasteiger charge is 2.27. The Morgan fingerprint density at radius 2 is 1.73 bits per heavy atom. The van der Waals surface area contributed by atoms with Crippen molar-refractivity contribution in [3.05, 3.63) is 28.8 Å². The number of likely N-dealkylation sites (N-methyl/N-ethyl adjacent to an activating group) is 1. The number of phenolic OH excluding ortho intramolecular Hbond substituents is 1. The Balaban J connectivity index is 2.47. The maximum Gasteiger partial charge on any atom is 0.122 e. The van der Waals surface area contributed by atoms with E-state index in [9.17, 15) is 5.11 Å². The molecule has 1 aromatic rings. The Kier molecular flexibility index (Phi) is 4.64. The molecule has 22 heavy (non-hydrogen) atoms. The molecule has 2 heteroatoms. The minimum Gasteiger partial charge on any atom is -0.507 e. The van der Waals surface area contributed by atoms with Gasteiger partial charge in [-0.3, -0.25) is 0 Å². The van der Waals surface area contributed by atoms with E-state index < -0.39 is 0 Å². The number of rotatable bonds is 2. The molecule has 1 atom stereocenters. The number of aromatic hydroxyl groups is 1. The van der Waals surface area contributed by atoms with Crippen LogP contribution >= 0.6 is 0 Å². The summed E-state index contributed by atoms with van der Waals surface area (Å²) in [5.41, 5.74) is 3.59. The second kappa shape index (κ2) is 5.88. The van der Waals surface area contributed by atoms with Crippen LogP contribution in [0.25, 0.3) is 0 Å². The zero-order valence-corrected chi connectivity index (χ0v) is 15.5. The highest BCUT2D eigenvalue weighted by molar-refractivity contribution is 5.49. The van der Waals surface area contributed by atoms with Crippen molar-refractivity contribution in [2.45, 2.75) is 77.7 Å². The fourth-order valence-corrected chi connectivity index (χ4v) is 3.35. The van der Waals surface area contributed by atoms with Crippen molar-refractivity contribution < 1.29 is 5.11 Å². The molecule has 0 saturated carbocycles. The third-order valence-electron chi connectivity index (χ3n) is 4.99. The number of likely N-dealkylation sites (tertiary alicyclic amines) is 1. The monoisotopic (exact) mass is 303 g/mol. The summed E-state index contributed by atoms with van der Waals surface area (Å²) >= 11 is 0. The SMILES string of the molecule is CN1CCCC1Cc1cc(C(C)(C)C)cc(C(C)(C)C)c1O. The van der Waals surface area contributed by atoms with E-state index in [2.05, 4.69) is 65.6 Å². The van der Waals surface area contributed by atoms with Crippen LogP contribution in [0.2, 0.25) is 0 Å². The lowest BCUT2D eigenvalue weighted by atomic mass is 9.78. The number of hydrogen-bond donors (Lipinski definition) is 1. The summed E-state index contributed by atoms with van der Waals surface area (Å²) in [7, 11) is 2.20. The van der Waals surface area contributed by atoms with E-state index >= 15 is 0 Å². The normalized spacial score (nSPS) is 20.6. The van der Waals surface area contributed by atoms with E-state index in [0.29, 0.717) is 11.8 Å². The van der Waals surface area contributed by atoms with Crippen LogP contribution in [0.1, 0.15) is 71.1 Å². The van der Waals surface area contributed by atoms with Crippen molar-refractivity contribution in [3.63, 3.8) is 0 Å². The molecule has 2 rings (SSSR count). The molecule has 1 aliphatic heterocycles. The molecule has 0 aliphatic carbocycles. The van der Waals surface area contributed by atoms with E-state index in [1.54, 1.807) is 0 Å². The Morgan fingerprint density at radius 1 is 1.09 bits per heavy atom. The first-order valence-electron chi connectivity index (χ1n) is 8.57. The third kappa shape index (κ3) is 3.65. The third-order valence-corrected chi connectivity index (χ3v) is 4.99. The molecule has 0 bridgehead atoms. The van der Waals surface area contributed by atoms with Crippen LogP contribution in [0.15, 0.2) is 12.1 Å². The molecule has 0 radical (unpaired) electrons. The van der Waals surface area contributed by atoms with Crippen LogP contribution in [0.3, 0.4) is 0 Å². The van der Waals surface area contributed by atoms with Crippen LogP contribution in [0, 0.1) is 0 Å². The topological polar surface area (TPSA) is 23.5 Å². The lowest BCUT2D eigenvalue weighted by Crippen LogP contribution is -2.27. The molecular formula is C20H33NO. The number of phenols is 1. The van der Waals surface area contributed by atoms with Gasteiger partial charge in [0, 0.05) is 6.04 Å². The van der Waals surface area contributed by atoms with E-state index in [1.165, 1.54) is 24.9 Å². The Labute approximate surface area is 136 Å². The summed E-state index contributed by atoms with van der Waals surface area (Å²) in [5.74, 6) is 0.515. The first kappa shape index (κ1) is 17.3. The average molecular weight is 303 g/mol. The lowest BCUT2D eigenvalue weighted by molar-refractivity contribution is 0.306. The van der Waals surface area contributed by atoms with Crippen LogP contribution in [-0.2, 0) is 17.3 Å². The second-order valence-electron chi connectivity index (χ2n) is 9.01. The van der Waals surface area contributed by atoms with Gasteiger partial charge in [0.1, 0.15) is 5.75 Å². The molecule has 1 aliphatic rings. The predicted octanol–water partition coefficient (Wildman–Crippen LogP) is 4.62. The van der Waals surface area contributed by atoms with Crippen LogP contribution in [0.4, 0.5) is 0 Å². The van der Waals surface area contributed by atoms with Gasteiger partial charge in [0.25, 0.3) is 0 Å². The van der Waals surface area contributed by atoms with Gasteiger partial charge >= 0.3 is 0 Å². The molecule has 2 nitrogen and oxygen atoms in total. The van der Waals surface area contributed by atoms with Crippen molar-refractivity contribution in [3.8, 4) is 5.75 Å². The predicted molar refractivity (Wildman–Crippen MR) is 94.9 cm³/mol. The van der Waals surface area contributed by atoms with Gasteiger partial charge in [0.05, 0.1) is 0 Å². The van der Waals surface area contributed by atoms with Crippen molar-refractivity contribution in [2.75, 3.05) is 13.6 Å². The summed E-state index contributed by atoms with van der Waals surface area (Å²) in [5, 5.41) is 10.8. The highest BCUT2D eigenvalue weighted by Crippen LogP contribution is 2.38. The Hall–Kier alpha value is -1.02. The standard InChI is InChI=1S/C20H33NO/c1-19(2,3)15-11-14(12-16-9-8-10-21(16)7)18(22)17(13-15)20(4,5)6/h11,13,16,22H,8-10,12H2,1-7H3. The number of benzene rings is 1. The zero-order chi connectivity index (χ0) is 16.7. The van der Waals surface area contributed by atoms with Crippen molar-refractivity contribution in [2.24, 2.45) is 0 Å². The van der Waals surface area contributed by atoms with E-state index in [-0.39, 0.29) is 10.8 Å². The van der Waals surface area contributed by atoms with Gasteiger partial charge in [-0.1, -0.05) is 53.7 Å². The average Bonchev–Trinajstić information content (AvgIpc) is 2.74. The summed E-state index contributed by atoms with van der Waals surface area (Å²) < 4.78 is 0. The summed E-state index contributed by atoms with van der Waals surface area (Å²) in [4.78, 5) is 2.43. The van der Waals surface area contributed by atoms with Gasteiger partial charge in [-0.15, -0.1) is 0 Å². The Morgan fingerprint density at radius 3 is 2.18 bits per heavy atom. The molecular weight excluding hydrogens is 270 g/mol. The largest absolute Gasteiger partial charge is 0.507 e. The van der Waals surface area contributed by atoms with E-state index in [1.807, 2.05) is 0 Å². The zero-order valence-electron chi connectivity index (χ0n) is 15.5. The van der Waals surface area contributed by atoms with Crippen LogP contribution in [0.5, 0.6) is 5.75 Å². The fourth-order valence-electron chi connectivity index (χ4n) is 3.35. The van der Waals surface area contributed by atoms with Gasteiger partial charge in [-0.2, -0.15) is 0 Å². The minimum atomic E-state index is -0.0400. The summed E-state index contributed by atoms with van der Waals surface area (Å²) in [6.07, 6.45) is 3.46. The van der Waals surface area contributed by atoms with E-state index in [4.69, 9.17) is 0 Å². The van der Waals surface area contributed by atoms with Crippen molar-refractivity contribution in [1.82, 2.24) is 4.90 Å². The second-order valence-corrected chi connectivity index (χ2v) is 9.01. The minimum absolute atomic E-state index is 0.0400. The van der Waals surface area contributed by atoms with Crippen molar-refractivity contribution in [1.29, 1.82) is 0 Å². The maximum atomic E-state index is 10.8. The van der Waals surface area contributed by atoms with Gasteiger partial charge < -0.3 is 10.0 Å². The number of nitrogens with zero attached hydrogens (tertiary/aromatic N) is 1. The highest BCUT2D eigenvalue weighted by atomic mass is 16.3. The molecule has 1 saturated heterocycles. The van der Waals surface area contributed by atoms with Gasteiger partial charge in [0.15, 0.2) is 0 Å². The van der Waals surface area contributed by atoms with Gasteiger partial charge in [-0.25, -0.2) is 0 Å². The summed E-state index contributed by atoms with van der Waals surface area (Å²) in [6.45, 7) is 14.5. The lowest BCUT2D eigenvalue weighted by Gasteiger charge is -2.29. The number of hydrogen-bond acceptors (Lipinski definition) is 2. The molecule has 1 unspecified atom stereocenters. The Bertz CT molecular complexity index is 534. The van der Waals surface area contributed by atoms with Gasteiger partial charge in [-0.05, 0) is 60.4 Å².